The molecule has 0 aliphatic heterocycles. The number of hydrogen-bond donors (Lipinski definition) is 1. The Morgan fingerprint density at radius 3 is 2.71 bits per heavy atom. The Bertz CT molecular complexity index is 903. The second-order valence-electron chi connectivity index (χ2n) is 5.28. The van der Waals surface area contributed by atoms with E-state index in [1.807, 2.05) is 37.3 Å². The molecule has 0 fully saturated rings. The fraction of sp³-hybridized carbons (Fsp3) is 0.176. The molecule has 0 radical (unpaired) electrons. The Balaban J connectivity index is 1.97. The van der Waals surface area contributed by atoms with Crippen LogP contribution in [0.15, 0.2) is 42.6 Å². The first-order chi connectivity index (χ1) is 11.6. The van der Waals surface area contributed by atoms with Gasteiger partial charge in [-0.15, -0.1) is 0 Å². The fourth-order valence-corrected chi connectivity index (χ4v) is 2.39. The van der Waals surface area contributed by atoms with Crippen molar-refractivity contribution in [1.82, 2.24) is 14.6 Å². The standard InChI is InChI=1S/C17H16N4O3/c1-11-8-14-18-10-13(17(23)24-2)16(21(14)20-11)19-15(22)9-12-6-4-3-5-7-12/h3-8,10H,9H2,1-2H3,(H,19,22). The molecule has 0 unspecified atom stereocenters. The van der Waals surface area contributed by atoms with E-state index in [1.54, 1.807) is 6.07 Å². The van der Waals surface area contributed by atoms with Gasteiger partial charge >= 0.3 is 5.97 Å². The van der Waals surface area contributed by atoms with Crippen molar-refractivity contribution < 1.29 is 14.3 Å². The molecule has 122 valence electrons. The molecule has 1 amide bonds. The maximum Gasteiger partial charge on any atom is 0.343 e. The van der Waals surface area contributed by atoms with Gasteiger partial charge in [0.05, 0.1) is 19.2 Å². The maximum absolute atomic E-state index is 12.4. The normalized spacial score (nSPS) is 10.6. The van der Waals surface area contributed by atoms with E-state index < -0.39 is 5.97 Å². The van der Waals surface area contributed by atoms with Crippen LogP contribution >= 0.6 is 0 Å². The molecular formula is C17H16N4O3. The van der Waals surface area contributed by atoms with Crippen molar-refractivity contribution in [3.05, 3.63) is 59.4 Å². The van der Waals surface area contributed by atoms with Crippen LogP contribution < -0.4 is 5.32 Å². The van der Waals surface area contributed by atoms with Crippen molar-refractivity contribution in [2.24, 2.45) is 0 Å². The van der Waals surface area contributed by atoms with E-state index in [9.17, 15) is 9.59 Å². The molecular weight excluding hydrogens is 308 g/mol. The summed E-state index contributed by atoms with van der Waals surface area (Å²) in [5.41, 5.74) is 2.28. The number of carbonyl (C=O) groups excluding carboxylic acids is 2. The Kier molecular flexibility index (Phi) is 4.24. The summed E-state index contributed by atoms with van der Waals surface area (Å²) in [4.78, 5) is 28.5. The molecule has 3 rings (SSSR count). The minimum absolute atomic E-state index is 0.148. The number of aromatic nitrogens is 3. The number of fused-ring (bicyclic) bond motifs is 1. The van der Waals surface area contributed by atoms with E-state index in [0.29, 0.717) is 5.65 Å². The molecule has 1 N–H and O–H groups in total. The van der Waals surface area contributed by atoms with Gasteiger partial charge in [-0.3, -0.25) is 4.79 Å². The number of methoxy groups -OCH3 is 1. The van der Waals surface area contributed by atoms with Gasteiger partial charge in [0.1, 0.15) is 5.56 Å². The first-order valence-corrected chi connectivity index (χ1v) is 7.36. The van der Waals surface area contributed by atoms with Crippen LogP contribution in [-0.2, 0) is 16.0 Å². The quantitative estimate of drug-likeness (QED) is 0.742. The van der Waals surface area contributed by atoms with Gasteiger partial charge in [-0.25, -0.2) is 9.78 Å². The molecule has 0 saturated carbocycles. The van der Waals surface area contributed by atoms with Crippen molar-refractivity contribution in [3.63, 3.8) is 0 Å². The number of hydrogen-bond acceptors (Lipinski definition) is 5. The third kappa shape index (κ3) is 3.10. The Morgan fingerprint density at radius 2 is 2.00 bits per heavy atom. The zero-order chi connectivity index (χ0) is 17.1. The van der Waals surface area contributed by atoms with E-state index in [-0.39, 0.29) is 23.7 Å². The van der Waals surface area contributed by atoms with Crippen molar-refractivity contribution in [2.45, 2.75) is 13.3 Å². The summed E-state index contributed by atoms with van der Waals surface area (Å²) in [5, 5.41) is 7.03. The van der Waals surface area contributed by atoms with Crippen molar-refractivity contribution in [2.75, 3.05) is 12.4 Å². The SMILES string of the molecule is COC(=O)c1cnc2cc(C)nn2c1NC(=O)Cc1ccccc1. The Morgan fingerprint density at radius 1 is 1.25 bits per heavy atom. The summed E-state index contributed by atoms with van der Waals surface area (Å²) in [5.74, 6) is -0.597. The number of esters is 1. The lowest BCUT2D eigenvalue weighted by atomic mass is 10.1. The van der Waals surface area contributed by atoms with E-state index in [0.717, 1.165) is 11.3 Å². The van der Waals surface area contributed by atoms with Crippen LogP contribution in [0.3, 0.4) is 0 Å². The smallest absolute Gasteiger partial charge is 0.343 e. The van der Waals surface area contributed by atoms with Gasteiger partial charge in [0.25, 0.3) is 0 Å². The highest BCUT2D eigenvalue weighted by Gasteiger charge is 2.19. The number of aryl methyl sites for hydroxylation is 1. The molecule has 0 aliphatic carbocycles. The van der Waals surface area contributed by atoms with E-state index in [2.05, 4.69) is 15.4 Å². The number of nitrogens with zero attached hydrogens (tertiary/aromatic N) is 3. The number of carbonyl (C=O) groups is 2. The topological polar surface area (TPSA) is 85.6 Å². The summed E-state index contributed by atoms with van der Waals surface area (Å²) >= 11 is 0. The summed E-state index contributed by atoms with van der Waals surface area (Å²) in [6.07, 6.45) is 1.56. The van der Waals surface area contributed by atoms with Crippen LogP contribution in [-0.4, -0.2) is 33.6 Å². The van der Waals surface area contributed by atoms with E-state index in [4.69, 9.17) is 4.74 Å². The predicted molar refractivity (Wildman–Crippen MR) is 87.8 cm³/mol. The van der Waals surface area contributed by atoms with Crippen LogP contribution in [0.4, 0.5) is 5.82 Å². The minimum Gasteiger partial charge on any atom is -0.465 e. The highest BCUT2D eigenvalue weighted by Crippen LogP contribution is 2.18. The molecule has 24 heavy (non-hydrogen) atoms. The molecule has 0 saturated heterocycles. The fourth-order valence-electron chi connectivity index (χ4n) is 2.39. The number of anilines is 1. The van der Waals surface area contributed by atoms with Crippen LogP contribution in [0, 0.1) is 6.92 Å². The Hall–Kier alpha value is -3.22. The molecule has 0 atom stereocenters. The second-order valence-corrected chi connectivity index (χ2v) is 5.28. The van der Waals surface area contributed by atoms with Crippen molar-refractivity contribution in [3.8, 4) is 0 Å². The average Bonchev–Trinajstić information content (AvgIpc) is 2.96. The molecule has 0 spiro atoms. The molecule has 7 heteroatoms. The van der Waals surface area contributed by atoms with E-state index in [1.165, 1.54) is 17.8 Å². The molecule has 2 aromatic heterocycles. The summed E-state index contributed by atoms with van der Waals surface area (Å²) in [6, 6.07) is 11.1. The molecule has 1 aromatic carbocycles. The summed E-state index contributed by atoms with van der Waals surface area (Å²) in [6.45, 7) is 1.81. The van der Waals surface area contributed by atoms with Crippen molar-refractivity contribution >= 4 is 23.3 Å². The van der Waals surface area contributed by atoms with Gasteiger partial charge in [0.15, 0.2) is 11.5 Å². The van der Waals surface area contributed by atoms with Gasteiger partial charge in [-0.05, 0) is 12.5 Å². The lowest BCUT2D eigenvalue weighted by Gasteiger charge is -2.11. The van der Waals surface area contributed by atoms with Gasteiger partial charge in [0, 0.05) is 12.3 Å². The predicted octanol–water partition coefficient (Wildman–Crippen LogP) is 2.01. The lowest BCUT2D eigenvalue weighted by Crippen LogP contribution is -2.20. The number of benzene rings is 1. The monoisotopic (exact) mass is 324 g/mol. The highest BCUT2D eigenvalue weighted by atomic mass is 16.5. The van der Waals surface area contributed by atoms with Crippen LogP contribution in [0.1, 0.15) is 21.6 Å². The van der Waals surface area contributed by atoms with Crippen LogP contribution in [0.5, 0.6) is 0 Å². The molecule has 0 aliphatic rings. The average molecular weight is 324 g/mol. The molecule has 2 heterocycles. The number of amides is 1. The largest absolute Gasteiger partial charge is 0.465 e. The number of ether oxygens (including phenoxy) is 1. The minimum atomic E-state index is -0.590. The molecule has 3 aromatic rings. The first-order valence-electron chi connectivity index (χ1n) is 7.36. The van der Waals surface area contributed by atoms with Gasteiger partial charge in [-0.1, -0.05) is 30.3 Å². The number of nitrogens with one attached hydrogen (secondary N) is 1. The van der Waals surface area contributed by atoms with E-state index >= 15 is 0 Å². The number of rotatable bonds is 4. The van der Waals surface area contributed by atoms with Crippen molar-refractivity contribution in [1.29, 1.82) is 0 Å². The third-order valence-electron chi connectivity index (χ3n) is 3.48. The zero-order valence-electron chi connectivity index (χ0n) is 13.3. The van der Waals surface area contributed by atoms with Gasteiger partial charge in [0.2, 0.25) is 5.91 Å². The second kappa shape index (κ2) is 6.49. The van der Waals surface area contributed by atoms with Crippen LogP contribution in [0.25, 0.3) is 5.65 Å². The zero-order valence-corrected chi connectivity index (χ0v) is 13.3. The van der Waals surface area contributed by atoms with Gasteiger partial charge in [-0.2, -0.15) is 9.61 Å². The van der Waals surface area contributed by atoms with Gasteiger partial charge < -0.3 is 10.1 Å². The maximum atomic E-state index is 12.4. The molecule has 7 nitrogen and oxygen atoms in total. The highest BCUT2D eigenvalue weighted by molar-refractivity contribution is 6.00. The summed E-state index contributed by atoms with van der Waals surface area (Å²) < 4.78 is 6.20. The summed E-state index contributed by atoms with van der Waals surface area (Å²) in [7, 11) is 1.27. The lowest BCUT2D eigenvalue weighted by molar-refractivity contribution is -0.115. The van der Waals surface area contributed by atoms with Crippen LogP contribution in [0.2, 0.25) is 0 Å². The molecule has 0 bridgehead atoms. The third-order valence-corrected chi connectivity index (χ3v) is 3.48. The Labute approximate surface area is 138 Å². The first kappa shape index (κ1) is 15.7.